The summed E-state index contributed by atoms with van der Waals surface area (Å²) >= 11 is 6.23. The zero-order chi connectivity index (χ0) is 12.0. The van der Waals surface area contributed by atoms with E-state index in [9.17, 15) is 4.79 Å². The number of rotatable bonds is 1. The van der Waals surface area contributed by atoms with Crippen LogP contribution in [-0.2, 0) is 0 Å². The van der Waals surface area contributed by atoms with Crippen molar-refractivity contribution in [3.05, 3.63) is 46.7 Å². The van der Waals surface area contributed by atoms with Gasteiger partial charge in [-0.1, -0.05) is 23.7 Å². The quantitative estimate of drug-likeness (QED) is 0.616. The predicted octanol–water partition coefficient (Wildman–Crippen LogP) is 3.26. The standard InChI is InChI=1S/C13H9ClN2O/c1-8-5-12-15-6-9(7-17)16(12)13-10(8)3-2-4-11(13)14/h2-7H,1H3. The Morgan fingerprint density at radius 2 is 2.24 bits per heavy atom. The van der Waals surface area contributed by atoms with Gasteiger partial charge in [0.2, 0.25) is 0 Å². The summed E-state index contributed by atoms with van der Waals surface area (Å²) in [6.07, 6.45) is 2.35. The van der Waals surface area contributed by atoms with Crippen molar-refractivity contribution >= 4 is 34.4 Å². The molecule has 0 radical (unpaired) electrons. The van der Waals surface area contributed by atoms with Crippen molar-refractivity contribution in [3.63, 3.8) is 0 Å². The normalized spacial score (nSPS) is 11.2. The van der Waals surface area contributed by atoms with Crippen molar-refractivity contribution in [1.29, 1.82) is 0 Å². The summed E-state index contributed by atoms with van der Waals surface area (Å²) in [5.74, 6) is 0. The van der Waals surface area contributed by atoms with E-state index < -0.39 is 0 Å². The molecule has 0 amide bonds. The van der Waals surface area contributed by atoms with E-state index in [1.807, 2.05) is 31.2 Å². The molecular formula is C13H9ClN2O. The van der Waals surface area contributed by atoms with Crippen LogP contribution >= 0.6 is 11.6 Å². The van der Waals surface area contributed by atoms with Crippen LogP contribution in [0.1, 0.15) is 16.1 Å². The Bertz CT molecular complexity index is 746. The summed E-state index contributed by atoms with van der Waals surface area (Å²) in [5.41, 5.74) is 3.19. The lowest BCUT2D eigenvalue weighted by Crippen LogP contribution is -1.95. The van der Waals surface area contributed by atoms with Crippen LogP contribution in [0.2, 0.25) is 5.02 Å². The number of halogens is 1. The number of hydrogen-bond donors (Lipinski definition) is 0. The molecule has 3 aromatic rings. The molecule has 17 heavy (non-hydrogen) atoms. The maximum absolute atomic E-state index is 11.0. The summed E-state index contributed by atoms with van der Waals surface area (Å²) in [5, 5.41) is 1.66. The van der Waals surface area contributed by atoms with Crippen LogP contribution in [-0.4, -0.2) is 15.7 Å². The van der Waals surface area contributed by atoms with Crippen molar-refractivity contribution in [3.8, 4) is 0 Å². The third kappa shape index (κ3) is 1.36. The molecule has 0 aliphatic rings. The summed E-state index contributed by atoms with van der Waals surface area (Å²) in [7, 11) is 0. The first-order valence-corrected chi connectivity index (χ1v) is 5.60. The molecular weight excluding hydrogens is 236 g/mol. The molecule has 0 fully saturated rings. The monoisotopic (exact) mass is 244 g/mol. The maximum Gasteiger partial charge on any atom is 0.168 e. The maximum atomic E-state index is 11.0. The van der Waals surface area contributed by atoms with Gasteiger partial charge in [0.1, 0.15) is 11.3 Å². The highest BCUT2D eigenvalue weighted by Gasteiger charge is 2.10. The van der Waals surface area contributed by atoms with Crippen LogP contribution in [0.15, 0.2) is 30.5 Å². The highest BCUT2D eigenvalue weighted by atomic mass is 35.5. The van der Waals surface area contributed by atoms with Gasteiger partial charge in [0.05, 0.1) is 16.7 Å². The van der Waals surface area contributed by atoms with E-state index in [4.69, 9.17) is 11.6 Å². The molecule has 0 spiro atoms. The molecule has 4 heteroatoms. The zero-order valence-corrected chi connectivity index (χ0v) is 9.90. The van der Waals surface area contributed by atoms with E-state index in [0.717, 1.165) is 28.4 Å². The molecule has 0 N–H and O–H groups in total. The summed E-state index contributed by atoms with van der Waals surface area (Å²) in [4.78, 5) is 15.2. The fourth-order valence-corrected chi connectivity index (χ4v) is 2.40. The second-order valence-corrected chi connectivity index (χ2v) is 4.37. The largest absolute Gasteiger partial charge is 0.296 e. The third-order valence-corrected chi connectivity index (χ3v) is 3.22. The topological polar surface area (TPSA) is 34.4 Å². The van der Waals surface area contributed by atoms with Crippen molar-refractivity contribution in [2.45, 2.75) is 6.92 Å². The Morgan fingerprint density at radius 1 is 1.41 bits per heavy atom. The zero-order valence-electron chi connectivity index (χ0n) is 9.14. The first kappa shape index (κ1) is 10.3. The van der Waals surface area contributed by atoms with Crippen molar-refractivity contribution in [2.24, 2.45) is 0 Å². The first-order chi connectivity index (χ1) is 8.22. The average molecular weight is 245 g/mol. The Kier molecular flexibility index (Phi) is 2.16. The highest BCUT2D eigenvalue weighted by Crippen LogP contribution is 2.28. The van der Waals surface area contributed by atoms with Gasteiger partial charge in [0.25, 0.3) is 0 Å². The minimum atomic E-state index is 0.512. The molecule has 84 valence electrons. The van der Waals surface area contributed by atoms with E-state index >= 15 is 0 Å². The SMILES string of the molecule is Cc1cc2ncc(C=O)n2c2c(Cl)cccc12. The molecule has 0 bridgehead atoms. The van der Waals surface area contributed by atoms with Crippen LogP contribution in [0.25, 0.3) is 16.6 Å². The van der Waals surface area contributed by atoms with Crippen LogP contribution in [0, 0.1) is 6.92 Å². The average Bonchev–Trinajstić information content (AvgIpc) is 2.72. The molecule has 0 aliphatic heterocycles. The summed E-state index contributed by atoms with van der Waals surface area (Å²) < 4.78 is 1.79. The van der Waals surface area contributed by atoms with E-state index in [1.165, 1.54) is 0 Å². The van der Waals surface area contributed by atoms with Gasteiger partial charge >= 0.3 is 0 Å². The number of aldehydes is 1. The van der Waals surface area contributed by atoms with Crippen LogP contribution < -0.4 is 0 Å². The Labute approximate surface area is 103 Å². The lowest BCUT2D eigenvalue weighted by Gasteiger charge is -2.08. The lowest BCUT2D eigenvalue weighted by molar-refractivity contribution is 0.111. The number of fused-ring (bicyclic) bond motifs is 3. The van der Waals surface area contributed by atoms with Crippen molar-refractivity contribution < 1.29 is 4.79 Å². The van der Waals surface area contributed by atoms with Crippen LogP contribution in [0.4, 0.5) is 0 Å². The van der Waals surface area contributed by atoms with Crippen molar-refractivity contribution in [1.82, 2.24) is 9.38 Å². The summed E-state index contributed by atoms with van der Waals surface area (Å²) in [6.45, 7) is 2.01. The van der Waals surface area contributed by atoms with Gasteiger partial charge in [0, 0.05) is 5.39 Å². The number of carbonyl (C=O) groups is 1. The van der Waals surface area contributed by atoms with Crippen LogP contribution in [0.5, 0.6) is 0 Å². The van der Waals surface area contributed by atoms with Gasteiger partial charge in [-0.05, 0) is 24.6 Å². The van der Waals surface area contributed by atoms with Gasteiger partial charge in [-0.2, -0.15) is 0 Å². The number of hydrogen-bond acceptors (Lipinski definition) is 2. The Balaban J connectivity index is 2.68. The fraction of sp³-hybridized carbons (Fsp3) is 0.0769. The number of aryl methyl sites for hydroxylation is 1. The minimum Gasteiger partial charge on any atom is -0.296 e. The van der Waals surface area contributed by atoms with Crippen molar-refractivity contribution in [2.75, 3.05) is 0 Å². The van der Waals surface area contributed by atoms with Gasteiger partial charge in [-0.25, -0.2) is 4.98 Å². The predicted molar refractivity (Wildman–Crippen MR) is 67.8 cm³/mol. The highest BCUT2D eigenvalue weighted by molar-refractivity contribution is 6.35. The number of benzene rings is 1. The van der Waals surface area contributed by atoms with Gasteiger partial charge in [0.15, 0.2) is 6.29 Å². The molecule has 3 rings (SSSR count). The lowest BCUT2D eigenvalue weighted by atomic mass is 10.1. The smallest absolute Gasteiger partial charge is 0.168 e. The number of pyridine rings is 1. The number of nitrogens with zero attached hydrogens (tertiary/aromatic N) is 2. The fourth-order valence-electron chi connectivity index (χ4n) is 2.14. The third-order valence-electron chi connectivity index (χ3n) is 2.92. The molecule has 0 saturated heterocycles. The number of para-hydroxylation sites is 1. The molecule has 0 aliphatic carbocycles. The number of carbonyl (C=O) groups excluding carboxylic acids is 1. The first-order valence-electron chi connectivity index (χ1n) is 5.23. The van der Waals surface area contributed by atoms with Gasteiger partial charge in [-0.3, -0.25) is 9.20 Å². The molecule has 0 unspecified atom stereocenters. The second kappa shape index (κ2) is 3.57. The second-order valence-electron chi connectivity index (χ2n) is 3.96. The van der Waals surface area contributed by atoms with Gasteiger partial charge in [-0.15, -0.1) is 0 Å². The molecule has 2 aromatic heterocycles. The van der Waals surface area contributed by atoms with E-state index in [2.05, 4.69) is 4.98 Å². The van der Waals surface area contributed by atoms with E-state index in [0.29, 0.717) is 10.7 Å². The summed E-state index contributed by atoms with van der Waals surface area (Å²) in [6, 6.07) is 7.66. The number of aromatic nitrogens is 2. The number of imidazole rings is 1. The van der Waals surface area contributed by atoms with Crippen LogP contribution in [0.3, 0.4) is 0 Å². The molecule has 1 aromatic carbocycles. The molecule has 2 heterocycles. The van der Waals surface area contributed by atoms with E-state index in [-0.39, 0.29) is 0 Å². The molecule has 0 atom stereocenters. The Morgan fingerprint density at radius 3 is 3.00 bits per heavy atom. The van der Waals surface area contributed by atoms with E-state index in [1.54, 1.807) is 10.6 Å². The Hall–Kier alpha value is -1.87. The van der Waals surface area contributed by atoms with Gasteiger partial charge < -0.3 is 0 Å². The molecule has 3 nitrogen and oxygen atoms in total. The minimum absolute atomic E-state index is 0.512. The molecule has 0 saturated carbocycles.